The van der Waals surface area contributed by atoms with Crippen molar-refractivity contribution in [1.29, 1.82) is 0 Å². The third kappa shape index (κ3) is 6.03. The lowest BCUT2D eigenvalue weighted by molar-refractivity contribution is -0.136. The highest BCUT2D eigenvalue weighted by Crippen LogP contribution is 2.42. The SMILES string of the molecule is O=C1CCC(N2C(=O)c3ccc(NC4CC(Oc5ccc(C6(c7ccc(OCc8ccnc(N9CC%10(COC%10)C9)n8)cc7)COC6)cc5)C4)cc3C2=O)C(=O)N1. The molecule has 4 saturated heterocycles. The Kier molecular flexibility index (Phi) is 8.29. The van der Waals surface area contributed by atoms with Gasteiger partial charge in [0.05, 0.1) is 54.1 Å². The van der Waals surface area contributed by atoms with Gasteiger partial charge in [0.2, 0.25) is 17.8 Å². The van der Waals surface area contributed by atoms with Gasteiger partial charge in [-0.3, -0.25) is 29.4 Å². The second-order valence-electron chi connectivity index (χ2n) is 15.9. The van der Waals surface area contributed by atoms with Crippen LogP contribution in [-0.4, -0.2) is 96.2 Å². The van der Waals surface area contributed by atoms with Gasteiger partial charge in [0.15, 0.2) is 0 Å². The zero-order valence-corrected chi connectivity index (χ0v) is 30.6. The number of aromatic nitrogens is 2. The van der Waals surface area contributed by atoms with Crippen molar-refractivity contribution < 1.29 is 38.1 Å². The van der Waals surface area contributed by atoms with Gasteiger partial charge in [-0.15, -0.1) is 0 Å². The van der Waals surface area contributed by atoms with Gasteiger partial charge in [-0.05, 0) is 66.1 Å². The fraction of sp³-hybridized carbons (Fsp3) is 0.381. The Morgan fingerprint density at radius 2 is 1.52 bits per heavy atom. The first kappa shape index (κ1) is 34.6. The van der Waals surface area contributed by atoms with Crippen LogP contribution in [0, 0.1) is 5.41 Å². The average Bonchev–Trinajstić information content (AvgIpc) is 3.37. The van der Waals surface area contributed by atoms with Crippen LogP contribution in [0.4, 0.5) is 11.6 Å². The number of hydrogen-bond donors (Lipinski definition) is 2. The monoisotopic (exact) mass is 756 g/mol. The maximum Gasteiger partial charge on any atom is 0.262 e. The number of benzene rings is 3. The van der Waals surface area contributed by atoms with E-state index in [-0.39, 0.29) is 41.5 Å². The molecule has 6 heterocycles. The van der Waals surface area contributed by atoms with Gasteiger partial charge in [-0.1, -0.05) is 24.3 Å². The number of amides is 4. The predicted octanol–water partition coefficient (Wildman–Crippen LogP) is 3.63. The molecule has 1 aromatic heterocycles. The Bertz CT molecular complexity index is 2220. The molecule has 5 aliphatic heterocycles. The van der Waals surface area contributed by atoms with E-state index in [1.54, 1.807) is 24.4 Å². The van der Waals surface area contributed by atoms with Crippen LogP contribution < -0.4 is 25.0 Å². The third-order valence-electron chi connectivity index (χ3n) is 12.0. The minimum Gasteiger partial charge on any atom is -0.490 e. The summed E-state index contributed by atoms with van der Waals surface area (Å²) in [6.45, 7) is 5.06. The summed E-state index contributed by atoms with van der Waals surface area (Å²) in [7, 11) is 0. The van der Waals surface area contributed by atoms with E-state index in [2.05, 4.69) is 44.8 Å². The van der Waals surface area contributed by atoms with Crippen molar-refractivity contribution in [1.82, 2.24) is 20.2 Å². The van der Waals surface area contributed by atoms with Crippen LogP contribution in [0.15, 0.2) is 79.0 Å². The Hall–Kier alpha value is -5.86. The van der Waals surface area contributed by atoms with Gasteiger partial charge in [0, 0.05) is 50.3 Å². The van der Waals surface area contributed by atoms with Crippen molar-refractivity contribution in [2.24, 2.45) is 5.41 Å². The van der Waals surface area contributed by atoms with Crippen molar-refractivity contribution in [3.05, 3.63) is 107 Å². The summed E-state index contributed by atoms with van der Waals surface area (Å²) in [5.41, 5.74) is 4.44. The molecule has 4 amide bonds. The van der Waals surface area contributed by atoms with Gasteiger partial charge in [-0.25, -0.2) is 9.97 Å². The van der Waals surface area contributed by atoms with E-state index in [0.29, 0.717) is 25.2 Å². The molecule has 6 aliphatic rings. The molecule has 10 rings (SSSR count). The molecular weight excluding hydrogens is 716 g/mol. The van der Waals surface area contributed by atoms with Crippen LogP contribution >= 0.6 is 0 Å². The van der Waals surface area contributed by atoms with Gasteiger partial charge < -0.3 is 29.2 Å². The largest absolute Gasteiger partial charge is 0.490 e. The Balaban J connectivity index is 0.714. The first-order valence-electron chi connectivity index (χ1n) is 19.1. The number of fused-ring (bicyclic) bond motifs is 1. The maximum absolute atomic E-state index is 13.2. The topological polar surface area (TPSA) is 162 Å². The van der Waals surface area contributed by atoms with Gasteiger partial charge in [0.25, 0.3) is 11.8 Å². The summed E-state index contributed by atoms with van der Waals surface area (Å²) in [5.74, 6) is 0.246. The molecule has 3 aromatic carbocycles. The van der Waals surface area contributed by atoms with Crippen LogP contribution in [0.2, 0.25) is 0 Å². The summed E-state index contributed by atoms with van der Waals surface area (Å²) in [6, 6.07) is 22.6. The standard InChI is InChI=1S/C42H40N6O8/c49-36-12-11-35(37(50)46-36)48-38(51)33-10-5-27(17-34(33)39(48)52)44-29-15-32(16-29)56-31-8-3-26(4-9-31)42(23-54-24-42)25-1-6-30(7-2-25)55-18-28-13-14-43-40(45-28)47-19-41(20-47)21-53-22-41/h1-10,13-14,17,29,32,35,44H,11-12,15-16,18-24H2,(H,46,49,50). The molecule has 14 nitrogen and oxygen atoms in total. The van der Waals surface area contributed by atoms with E-state index in [1.807, 2.05) is 30.3 Å². The van der Waals surface area contributed by atoms with E-state index < -0.39 is 29.7 Å². The summed E-state index contributed by atoms with van der Waals surface area (Å²) in [5, 5.41) is 5.67. The van der Waals surface area contributed by atoms with E-state index in [1.165, 1.54) is 0 Å². The van der Waals surface area contributed by atoms with Crippen LogP contribution in [-0.2, 0) is 31.1 Å². The van der Waals surface area contributed by atoms with Crippen LogP contribution in [0.25, 0.3) is 0 Å². The normalized spacial score (nSPS) is 24.3. The van der Waals surface area contributed by atoms with Crippen LogP contribution in [0.3, 0.4) is 0 Å². The molecule has 56 heavy (non-hydrogen) atoms. The molecule has 286 valence electrons. The van der Waals surface area contributed by atoms with Crippen molar-refractivity contribution in [3.63, 3.8) is 0 Å². The molecule has 4 aromatic rings. The zero-order chi connectivity index (χ0) is 38.0. The lowest BCUT2D eigenvalue weighted by atomic mass is 9.73. The number of anilines is 2. The van der Waals surface area contributed by atoms with Crippen molar-refractivity contribution in [2.45, 2.75) is 55.9 Å². The highest BCUT2D eigenvalue weighted by Gasteiger charge is 2.50. The Morgan fingerprint density at radius 3 is 2.18 bits per heavy atom. The van der Waals surface area contributed by atoms with Crippen LogP contribution in [0.5, 0.6) is 11.5 Å². The summed E-state index contributed by atoms with van der Waals surface area (Å²) in [6.07, 6.45) is 3.57. The molecule has 5 fully saturated rings. The lowest BCUT2D eigenvalue weighted by Crippen LogP contribution is -2.66. The van der Waals surface area contributed by atoms with E-state index in [4.69, 9.17) is 23.9 Å². The van der Waals surface area contributed by atoms with Crippen molar-refractivity contribution in [2.75, 3.05) is 49.7 Å². The Morgan fingerprint density at radius 1 is 0.821 bits per heavy atom. The number of rotatable bonds is 11. The van der Waals surface area contributed by atoms with Crippen LogP contribution in [0.1, 0.15) is 63.2 Å². The number of piperidine rings is 1. The molecule has 0 bridgehead atoms. The highest BCUT2D eigenvalue weighted by molar-refractivity contribution is 6.23. The van der Waals surface area contributed by atoms with E-state index in [9.17, 15) is 19.2 Å². The van der Waals surface area contributed by atoms with E-state index in [0.717, 1.165) is 84.0 Å². The number of imide groups is 2. The number of nitrogens with zero attached hydrogens (tertiary/aromatic N) is 4. The first-order valence-corrected chi connectivity index (χ1v) is 19.1. The number of ether oxygens (including phenoxy) is 4. The summed E-state index contributed by atoms with van der Waals surface area (Å²) < 4.78 is 23.5. The molecule has 1 unspecified atom stereocenters. The minimum atomic E-state index is -0.989. The molecule has 0 radical (unpaired) electrons. The molecule has 1 aliphatic carbocycles. The van der Waals surface area contributed by atoms with E-state index >= 15 is 0 Å². The molecular formula is C42H40N6O8. The fourth-order valence-corrected chi connectivity index (χ4v) is 8.55. The van der Waals surface area contributed by atoms with Gasteiger partial charge >= 0.3 is 0 Å². The van der Waals surface area contributed by atoms with Crippen molar-refractivity contribution in [3.8, 4) is 11.5 Å². The lowest BCUT2D eigenvalue weighted by Gasteiger charge is -2.54. The number of nitrogens with one attached hydrogen (secondary N) is 2. The average molecular weight is 757 g/mol. The fourth-order valence-electron chi connectivity index (χ4n) is 8.55. The number of carbonyl (C=O) groups excluding carboxylic acids is 4. The predicted molar refractivity (Wildman–Crippen MR) is 200 cm³/mol. The van der Waals surface area contributed by atoms with Gasteiger partial charge in [-0.2, -0.15) is 0 Å². The molecule has 2 N–H and O–H groups in total. The highest BCUT2D eigenvalue weighted by atomic mass is 16.5. The number of carbonyl (C=O) groups is 4. The first-order chi connectivity index (χ1) is 27.2. The number of hydrogen-bond acceptors (Lipinski definition) is 12. The third-order valence-corrected chi connectivity index (χ3v) is 12.0. The molecule has 1 spiro atoms. The maximum atomic E-state index is 13.2. The minimum absolute atomic E-state index is 0.0340. The summed E-state index contributed by atoms with van der Waals surface area (Å²) in [4.78, 5) is 62.6. The molecule has 1 atom stereocenters. The smallest absolute Gasteiger partial charge is 0.262 e. The molecule has 14 heteroatoms. The second kappa shape index (κ2) is 13.4. The second-order valence-corrected chi connectivity index (χ2v) is 15.9. The Labute approximate surface area is 322 Å². The zero-order valence-electron chi connectivity index (χ0n) is 30.6. The van der Waals surface area contributed by atoms with Gasteiger partial charge in [0.1, 0.15) is 30.3 Å². The summed E-state index contributed by atoms with van der Waals surface area (Å²) >= 11 is 0. The molecule has 1 saturated carbocycles. The van der Waals surface area contributed by atoms with Crippen molar-refractivity contribution >= 4 is 35.3 Å². The quantitative estimate of drug-likeness (QED) is 0.214.